The molecule has 0 aromatic heterocycles. The summed E-state index contributed by atoms with van der Waals surface area (Å²) in [7, 11) is -2.11. The second kappa shape index (κ2) is 5.75. The molecular weight excluding hydrogens is 286 g/mol. The molecule has 0 saturated carbocycles. The van der Waals surface area contributed by atoms with Gasteiger partial charge in [-0.25, -0.2) is 13.1 Å². The Balaban J connectivity index is 2.42. The third-order valence-electron chi connectivity index (χ3n) is 3.26. The summed E-state index contributed by atoms with van der Waals surface area (Å²) in [6.45, 7) is 4.00. The first-order chi connectivity index (χ1) is 9.83. The molecule has 112 valence electrons. The zero-order valence-electron chi connectivity index (χ0n) is 12.3. The average Bonchev–Trinajstić information content (AvgIpc) is 2.43. The van der Waals surface area contributed by atoms with Gasteiger partial charge in [-0.3, -0.25) is 0 Å². The van der Waals surface area contributed by atoms with Crippen molar-refractivity contribution in [1.29, 1.82) is 0 Å². The van der Waals surface area contributed by atoms with E-state index in [1.165, 1.54) is 19.2 Å². The molecule has 0 radical (unpaired) electrons. The van der Waals surface area contributed by atoms with E-state index in [1.807, 2.05) is 32.0 Å². The predicted molar refractivity (Wildman–Crippen MR) is 86.3 cm³/mol. The summed E-state index contributed by atoms with van der Waals surface area (Å²) in [5.74, 6) is 0. The van der Waals surface area contributed by atoms with Crippen LogP contribution < -0.4 is 15.8 Å². The monoisotopic (exact) mass is 305 g/mol. The normalized spacial score (nSPS) is 11.4. The molecule has 2 rings (SSSR count). The summed E-state index contributed by atoms with van der Waals surface area (Å²) < 4.78 is 26.0. The molecule has 21 heavy (non-hydrogen) atoms. The molecule has 0 saturated heterocycles. The molecule has 6 heteroatoms. The van der Waals surface area contributed by atoms with Crippen LogP contribution in [0.15, 0.2) is 41.3 Å². The van der Waals surface area contributed by atoms with Gasteiger partial charge in [0, 0.05) is 5.69 Å². The van der Waals surface area contributed by atoms with Gasteiger partial charge in [0.1, 0.15) is 0 Å². The SMILES string of the molecule is CNS(=O)(=O)c1ccc(N)c(Nc2ccc(C)cc2C)c1. The Morgan fingerprint density at radius 1 is 1.00 bits per heavy atom. The van der Waals surface area contributed by atoms with Crippen LogP contribution in [0, 0.1) is 13.8 Å². The van der Waals surface area contributed by atoms with E-state index in [1.54, 1.807) is 6.07 Å². The van der Waals surface area contributed by atoms with E-state index < -0.39 is 10.0 Å². The molecule has 5 nitrogen and oxygen atoms in total. The second-order valence-electron chi connectivity index (χ2n) is 4.90. The highest BCUT2D eigenvalue weighted by molar-refractivity contribution is 7.89. The van der Waals surface area contributed by atoms with Crippen LogP contribution in [-0.4, -0.2) is 15.5 Å². The van der Waals surface area contributed by atoms with Crippen LogP contribution in [0.3, 0.4) is 0 Å². The standard InChI is InChI=1S/C15H19N3O2S/c1-10-4-7-14(11(2)8-10)18-15-9-12(5-6-13(15)16)21(19,20)17-3/h4-9,17-18H,16H2,1-3H3. The van der Waals surface area contributed by atoms with E-state index >= 15 is 0 Å². The molecule has 0 heterocycles. The van der Waals surface area contributed by atoms with E-state index in [0.29, 0.717) is 11.4 Å². The van der Waals surface area contributed by atoms with Gasteiger partial charge in [0.25, 0.3) is 0 Å². The van der Waals surface area contributed by atoms with E-state index in [2.05, 4.69) is 10.0 Å². The zero-order chi connectivity index (χ0) is 15.6. The van der Waals surface area contributed by atoms with Gasteiger partial charge in [-0.15, -0.1) is 0 Å². The van der Waals surface area contributed by atoms with Crippen molar-refractivity contribution in [2.45, 2.75) is 18.7 Å². The van der Waals surface area contributed by atoms with Crippen LogP contribution in [0.25, 0.3) is 0 Å². The Kier molecular flexibility index (Phi) is 4.20. The number of hydrogen-bond donors (Lipinski definition) is 3. The van der Waals surface area contributed by atoms with Crippen molar-refractivity contribution in [2.75, 3.05) is 18.1 Å². The van der Waals surface area contributed by atoms with Gasteiger partial charge in [0.2, 0.25) is 10.0 Å². The molecule has 2 aromatic carbocycles. The summed E-state index contributed by atoms with van der Waals surface area (Å²) in [4.78, 5) is 0.173. The molecule has 0 fully saturated rings. The lowest BCUT2D eigenvalue weighted by Gasteiger charge is -2.14. The third kappa shape index (κ3) is 3.34. The number of nitrogens with one attached hydrogen (secondary N) is 2. The number of rotatable bonds is 4. The number of anilines is 3. The lowest BCUT2D eigenvalue weighted by molar-refractivity contribution is 0.588. The Hall–Kier alpha value is -2.05. The molecule has 0 atom stereocenters. The Morgan fingerprint density at radius 3 is 2.33 bits per heavy atom. The minimum Gasteiger partial charge on any atom is -0.397 e. The Labute approximate surface area is 125 Å². The van der Waals surface area contributed by atoms with Gasteiger partial charge >= 0.3 is 0 Å². The molecule has 0 bridgehead atoms. The van der Waals surface area contributed by atoms with E-state index in [0.717, 1.165) is 16.8 Å². The molecule has 0 spiro atoms. The van der Waals surface area contributed by atoms with Crippen molar-refractivity contribution in [3.05, 3.63) is 47.5 Å². The van der Waals surface area contributed by atoms with Gasteiger partial charge in [-0.1, -0.05) is 17.7 Å². The topological polar surface area (TPSA) is 84.2 Å². The largest absolute Gasteiger partial charge is 0.397 e. The Morgan fingerprint density at radius 2 is 1.71 bits per heavy atom. The van der Waals surface area contributed by atoms with Crippen molar-refractivity contribution in [1.82, 2.24) is 4.72 Å². The number of aryl methyl sites for hydroxylation is 2. The van der Waals surface area contributed by atoms with Gasteiger partial charge < -0.3 is 11.1 Å². The van der Waals surface area contributed by atoms with Crippen LogP contribution >= 0.6 is 0 Å². The summed E-state index contributed by atoms with van der Waals surface area (Å²) in [5.41, 5.74) is 10.1. The van der Waals surface area contributed by atoms with Crippen LogP contribution in [-0.2, 0) is 10.0 Å². The fraction of sp³-hybridized carbons (Fsp3) is 0.200. The molecular formula is C15H19N3O2S. The molecule has 2 aromatic rings. The summed E-state index contributed by atoms with van der Waals surface area (Å²) >= 11 is 0. The molecule has 0 aliphatic carbocycles. The van der Waals surface area contributed by atoms with Gasteiger partial charge in [-0.05, 0) is 50.7 Å². The number of nitrogen functional groups attached to an aromatic ring is 1. The fourth-order valence-corrected chi connectivity index (χ4v) is 2.78. The fourth-order valence-electron chi connectivity index (χ4n) is 2.03. The van der Waals surface area contributed by atoms with Crippen molar-refractivity contribution in [3.63, 3.8) is 0 Å². The maximum Gasteiger partial charge on any atom is 0.240 e. The highest BCUT2D eigenvalue weighted by Crippen LogP contribution is 2.28. The number of sulfonamides is 1. The highest BCUT2D eigenvalue weighted by Gasteiger charge is 2.13. The first-order valence-corrected chi connectivity index (χ1v) is 7.99. The summed E-state index contributed by atoms with van der Waals surface area (Å²) in [5, 5.41) is 3.19. The van der Waals surface area contributed by atoms with Gasteiger partial charge in [0.15, 0.2) is 0 Å². The molecule has 0 amide bonds. The van der Waals surface area contributed by atoms with E-state index in [4.69, 9.17) is 5.73 Å². The molecule has 0 unspecified atom stereocenters. The summed E-state index contributed by atoms with van der Waals surface area (Å²) in [6, 6.07) is 10.6. The van der Waals surface area contributed by atoms with Gasteiger partial charge in [0.05, 0.1) is 16.3 Å². The van der Waals surface area contributed by atoms with Crippen LogP contribution in [0.5, 0.6) is 0 Å². The van der Waals surface area contributed by atoms with Crippen molar-refractivity contribution >= 4 is 27.1 Å². The first kappa shape index (κ1) is 15.3. The summed E-state index contributed by atoms with van der Waals surface area (Å²) in [6.07, 6.45) is 0. The maximum absolute atomic E-state index is 11.8. The van der Waals surface area contributed by atoms with E-state index in [-0.39, 0.29) is 4.90 Å². The molecule has 0 aliphatic heterocycles. The van der Waals surface area contributed by atoms with Crippen molar-refractivity contribution < 1.29 is 8.42 Å². The quantitative estimate of drug-likeness (QED) is 0.758. The van der Waals surface area contributed by atoms with E-state index in [9.17, 15) is 8.42 Å². The van der Waals surface area contributed by atoms with Crippen molar-refractivity contribution in [3.8, 4) is 0 Å². The first-order valence-electron chi connectivity index (χ1n) is 6.51. The smallest absolute Gasteiger partial charge is 0.240 e. The average molecular weight is 305 g/mol. The third-order valence-corrected chi connectivity index (χ3v) is 4.67. The highest BCUT2D eigenvalue weighted by atomic mass is 32.2. The number of nitrogens with two attached hydrogens (primary N) is 1. The van der Waals surface area contributed by atoms with Crippen LogP contribution in [0.1, 0.15) is 11.1 Å². The van der Waals surface area contributed by atoms with Crippen molar-refractivity contribution in [2.24, 2.45) is 0 Å². The Bertz CT molecular complexity index is 770. The minimum absolute atomic E-state index is 0.173. The lowest BCUT2D eigenvalue weighted by Crippen LogP contribution is -2.18. The van der Waals surface area contributed by atoms with Crippen LogP contribution in [0.4, 0.5) is 17.1 Å². The predicted octanol–water partition coefficient (Wildman–Crippen LogP) is 2.54. The minimum atomic E-state index is -3.49. The van der Waals surface area contributed by atoms with Crippen LogP contribution in [0.2, 0.25) is 0 Å². The van der Waals surface area contributed by atoms with Gasteiger partial charge in [-0.2, -0.15) is 0 Å². The number of hydrogen-bond acceptors (Lipinski definition) is 4. The molecule has 0 aliphatic rings. The lowest BCUT2D eigenvalue weighted by atomic mass is 10.1. The molecule has 4 N–H and O–H groups in total. The maximum atomic E-state index is 11.8. The second-order valence-corrected chi connectivity index (χ2v) is 6.79. The zero-order valence-corrected chi connectivity index (χ0v) is 13.1. The number of benzene rings is 2.